The van der Waals surface area contributed by atoms with Crippen LogP contribution in [0.15, 0.2) is 72.8 Å². The summed E-state index contributed by atoms with van der Waals surface area (Å²) in [5, 5.41) is 19.3. The minimum atomic E-state index is -1.24. The molecular formula is C25H18N2O5. The molecule has 3 aromatic carbocycles. The standard InChI is InChI=1S/C25H18N2O5/c28-13-25-18-7-3-1-5-16(18)20(17-6-2-4-8-19(17)25)21-22(25)24(30)26(23(21)29)14-9-11-15(12-10-14)27(31)32/h1-13,20-22,27,31H. The summed E-state index contributed by atoms with van der Waals surface area (Å²) < 4.78 is 0. The fourth-order valence-electron chi connectivity index (χ4n) is 6.04. The summed E-state index contributed by atoms with van der Waals surface area (Å²) in [7, 11) is 0. The lowest BCUT2D eigenvalue weighted by Crippen LogP contribution is -2.99. The molecule has 158 valence electrons. The Balaban J connectivity index is 1.58. The zero-order valence-electron chi connectivity index (χ0n) is 16.8. The van der Waals surface area contributed by atoms with Crippen LogP contribution in [-0.4, -0.2) is 23.3 Å². The third-order valence-corrected chi connectivity index (χ3v) is 7.24. The SMILES string of the molecule is O=CC12c3ccccc3C(c3ccccc31)C1C(=O)N(c3ccc([NH+]([O-])O)cc3)C(=O)C12. The Hall–Kier alpha value is -3.65. The molecule has 7 rings (SSSR count). The first-order chi connectivity index (χ1) is 15.5. The van der Waals surface area contributed by atoms with E-state index in [4.69, 9.17) is 0 Å². The van der Waals surface area contributed by atoms with Crippen molar-refractivity contribution in [3.8, 4) is 0 Å². The quantitative estimate of drug-likeness (QED) is 0.378. The largest absolute Gasteiger partial charge is 0.595 e. The number of benzene rings is 3. The van der Waals surface area contributed by atoms with Gasteiger partial charge in [0, 0.05) is 18.1 Å². The molecule has 1 aliphatic heterocycles. The van der Waals surface area contributed by atoms with E-state index in [0.29, 0.717) is 5.69 Å². The smallest absolute Gasteiger partial charge is 0.239 e. The molecule has 1 heterocycles. The number of amides is 2. The predicted molar refractivity (Wildman–Crippen MR) is 113 cm³/mol. The van der Waals surface area contributed by atoms with Gasteiger partial charge in [-0.2, -0.15) is 5.23 Å². The first-order valence-electron chi connectivity index (χ1n) is 10.4. The molecule has 2 amide bonds. The van der Waals surface area contributed by atoms with Crippen molar-refractivity contribution in [1.82, 2.24) is 0 Å². The van der Waals surface area contributed by atoms with E-state index in [-0.39, 0.29) is 17.5 Å². The van der Waals surface area contributed by atoms with Gasteiger partial charge in [0.25, 0.3) is 0 Å². The highest BCUT2D eigenvalue weighted by Crippen LogP contribution is 2.63. The van der Waals surface area contributed by atoms with Crippen molar-refractivity contribution in [2.24, 2.45) is 11.8 Å². The Labute approximate surface area is 183 Å². The van der Waals surface area contributed by atoms with Crippen LogP contribution < -0.4 is 10.1 Å². The first kappa shape index (κ1) is 19.1. The molecule has 32 heavy (non-hydrogen) atoms. The molecule has 3 unspecified atom stereocenters. The van der Waals surface area contributed by atoms with Crippen LogP contribution in [0.5, 0.6) is 0 Å². The van der Waals surface area contributed by atoms with Gasteiger partial charge in [-0.05, 0) is 34.4 Å². The molecule has 0 saturated carbocycles. The average molecular weight is 426 g/mol. The van der Waals surface area contributed by atoms with Crippen LogP contribution >= 0.6 is 0 Å². The number of quaternary nitrogens is 1. The molecule has 2 N–H and O–H groups in total. The molecule has 0 radical (unpaired) electrons. The highest BCUT2D eigenvalue weighted by molar-refractivity contribution is 6.24. The number of rotatable bonds is 3. The summed E-state index contributed by atoms with van der Waals surface area (Å²) in [6.07, 6.45) is 0.833. The summed E-state index contributed by atoms with van der Waals surface area (Å²) >= 11 is 0. The third-order valence-electron chi connectivity index (χ3n) is 7.24. The van der Waals surface area contributed by atoms with Gasteiger partial charge in [0.2, 0.25) is 11.8 Å². The van der Waals surface area contributed by atoms with Crippen molar-refractivity contribution in [1.29, 1.82) is 0 Å². The van der Waals surface area contributed by atoms with Crippen LogP contribution in [0, 0.1) is 17.0 Å². The van der Waals surface area contributed by atoms with E-state index in [1.807, 2.05) is 48.5 Å². The second-order valence-electron chi connectivity index (χ2n) is 8.51. The van der Waals surface area contributed by atoms with Crippen LogP contribution in [0.25, 0.3) is 0 Å². The lowest BCUT2D eigenvalue weighted by molar-refractivity contribution is -0.991. The van der Waals surface area contributed by atoms with Gasteiger partial charge in [0.05, 0.1) is 22.9 Å². The van der Waals surface area contributed by atoms with Crippen LogP contribution in [0.1, 0.15) is 28.2 Å². The molecule has 7 nitrogen and oxygen atoms in total. The minimum Gasteiger partial charge on any atom is -0.595 e. The van der Waals surface area contributed by atoms with E-state index in [9.17, 15) is 24.8 Å². The molecule has 1 saturated heterocycles. The zero-order chi connectivity index (χ0) is 22.2. The monoisotopic (exact) mass is 426 g/mol. The van der Waals surface area contributed by atoms with Crippen LogP contribution in [0.2, 0.25) is 0 Å². The maximum absolute atomic E-state index is 13.8. The summed E-state index contributed by atoms with van der Waals surface area (Å²) in [5.74, 6) is -2.65. The van der Waals surface area contributed by atoms with E-state index in [0.717, 1.165) is 33.4 Å². The Morgan fingerprint density at radius 1 is 0.875 bits per heavy atom. The van der Waals surface area contributed by atoms with Crippen molar-refractivity contribution in [2.45, 2.75) is 11.3 Å². The molecule has 0 spiro atoms. The fourth-order valence-corrected chi connectivity index (χ4v) is 6.04. The average Bonchev–Trinajstić information content (AvgIpc) is 3.10. The Kier molecular flexibility index (Phi) is 3.83. The Bertz CT molecular complexity index is 1250. The molecule has 1 fully saturated rings. The topological polar surface area (TPSA) is 102 Å². The van der Waals surface area contributed by atoms with E-state index >= 15 is 0 Å². The predicted octanol–water partition coefficient (Wildman–Crippen LogP) is 1.84. The summed E-state index contributed by atoms with van der Waals surface area (Å²) in [4.78, 5) is 41.5. The van der Waals surface area contributed by atoms with Gasteiger partial charge in [0.1, 0.15) is 6.29 Å². The van der Waals surface area contributed by atoms with Crippen molar-refractivity contribution >= 4 is 29.5 Å². The molecule has 4 aliphatic rings. The number of nitrogens with one attached hydrogen (secondary N) is 1. The first-order valence-corrected chi connectivity index (χ1v) is 10.4. The van der Waals surface area contributed by atoms with Crippen molar-refractivity contribution < 1.29 is 24.8 Å². The number of nitrogens with zero attached hydrogens (tertiary/aromatic N) is 1. The number of hydrogen-bond acceptors (Lipinski definition) is 5. The van der Waals surface area contributed by atoms with Gasteiger partial charge in [-0.3, -0.25) is 9.59 Å². The fraction of sp³-hybridized carbons (Fsp3) is 0.160. The highest BCUT2D eigenvalue weighted by Gasteiger charge is 2.68. The number of imide groups is 1. The highest BCUT2D eigenvalue weighted by atomic mass is 16.8. The van der Waals surface area contributed by atoms with E-state index < -0.39 is 28.4 Å². The number of aldehydes is 1. The molecule has 2 bridgehead atoms. The van der Waals surface area contributed by atoms with Gasteiger partial charge in [-0.1, -0.05) is 48.5 Å². The van der Waals surface area contributed by atoms with Crippen molar-refractivity contribution in [2.75, 3.05) is 4.90 Å². The summed E-state index contributed by atoms with van der Waals surface area (Å²) in [6.45, 7) is 0. The summed E-state index contributed by atoms with van der Waals surface area (Å²) in [5.41, 5.74) is 2.51. The van der Waals surface area contributed by atoms with Crippen molar-refractivity contribution in [3.05, 3.63) is 100 Å². The van der Waals surface area contributed by atoms with E-state index in [1.165, 1.54) is 24.3 Å². The molecule has 3 atom stereocenters. The molecular weight excluding hydrogens is 408 g/mol. The second kappa shape index (κ2) is 6.43. The zero-order valence-corrected chi connectivity index (χ0v) is 16.8. The van der Waals surface area contributed by atoms with Gasteiger partial charge < -0.3 is 10.0 Å². The van der Waals surface area contributed by atoms with E-state index in [1.54, 1.807) is 0 Å². The summed E-state index contributed by atoms with van der Waals surface area (Å²) in [6, 6.07) is 20.8. The maximum Gasteiger partial charge on any atom is 0.239 e. The van der Waals surface area contributed by atoms with Gasteiger partial charge >= 0.3 is 0 Å². The second-order valence-corrected chi connectivity index (χ2v) is 8.51. The number of hydrogen-bond donors (Lipinski definition) is 2. The minimum absolute atomic E-state index is 0.0644. The van der Waals surface area contributed by atoms with E-state index in [2.05, 4.69) is 0 Å². The lowest BCUT2D eigenvalue weighted by atomic mass is 9.48. The molecule has 3 aromatic rings. The van der Waals surface area contributed by atoms with Crippen LogP contribution in [0.3, 0.4) is 0 Å². The lowest BCUT2D eigenvalue weighted by Gasteiger charge is -2.51. The normalized spacial score (nSPS) is 28.2. The molecule has 7 heteroatoms. The maximum atomic E-state index is 13.8. The number of anilines is 1. The Morgan fingerprint density at radius 2 is 1.44 bits per heavy atom. The number of carbonyl (C=O) groups excluding carboxylic acids is 3. The Morgan fingerprint density at radius 3 is 1.97 bits per heavy atom. The van der Waals surface area contributed by atoms with Gasteiger partial charge in [-0.25, -0.2) is 10.1 Å². The molecule has 3 aliphatic carbocycles. The molecule has 0 aromatic heterocycles. The van der Waals surface area contributed by atoms with Crippen molar-refractivity contribution in [3.63, 3.8) is 0 Å². The van der Waals surface area contributed by atoms with Gasteiger partial charge in [0.15, 0.2) is 5.69 Å². The number of carbonyl (C=O) groups is 3. The van der Waals surface area contributed by atoms with Gasteiger partial charge in [-0.15, -0.1) is 0 Å². The van der Waals surface area contributed by atoms with Crippen LogP contribution in [0.4, 0.5) is 11.4 Å². The third kappa shape index (κ3) is 2.12. The van der Waals surface area contributed by atoms with Crippen LogP contribution in [-0.2, 0) is 19.8 Å².